The monoisotopic (exact) mass is 398 g/mol. The summed E-state index contributed by atoms with van der Waals surface area (Å²) in [6.45, 7) is 0. The van der Waals surface area contributed by atoms with Gasteiger partial charge >= 0.3 is 0 Å². The van der Waals surface area contributed by atoms with Crippen LogP contribution in [0, 0.1) is 14.9 Å². The molecule has 84 valence electrons. The molecule has 0 unspecified atom stereocenters. The largest absolute Gasteiger partial charge is 0.355 e. The fraction of sp³-hybridized carbons (Fsp3) is 0. The maximum absolute atomic E-state index is 8.83. The predicted octanol–water partition coefficient (Wildman–Crippen LogP) is 4.67. The number of nitrogens with one attached hydrogen (secondary N) is 1. The summed E-state index contributed by atoms with van der Waals surface area (Å²) in [7, 11) is 0. The van der Waals surface area contributed by atoms with Crippen LogP contribution in [0.4, 0.5) is 11.4 Å². The molecule has 17 heavy (non-hydrogen) atoms. The molecule has 0 aliphatic heterocycles. The predicted molar refractivity (Wildman–Crippen MR) is 81.3 cm³/mol. The summed E-state index contributed by atoms with van der Waals surface area (Å²) < 4.78 is 1.98. The van der Waals surface area contributed by atoms with Crippen LogP contribution in [-0.2, 0) is 0 Å². The van der Waals surface area contributed by atoms with Crippen LogP contribution in [0.2, 0.25) is 0 Å². The van der Waals surface area contributed by atoms with Gasteiger partial charge in [0.1, 0.15) is 6.07 Å². The smallest absolute Gasteiger partial charge is 0.100 e. The van der Waals surface area contributed by atoms with Gasteiger partial charge in [-0.05, 0) is 74.9 Å². The minimum absolute atomic E-state index is 0.637. The van der Waals surface area contributed by atoms with Gasteiger partial charge in [-0.2, -0.15) is 5.26 Å². The van der Waals surface area contributed by atoms with E-state index in [1.165, 1.54) is 3.57 Å². The number of nitriles is 1. The molecule has 0 aliphatic rings. The minimum Gasteiger partial charge on any atom is -0.355 e. The summed E-state index contributed by atoms with van der Waals surface area (Å²) in [6, 6.07) is 15.8. The molecule has 0 aromatic heterocycles. The van der Waals surface area contributed by atoms with Gasteiger partial charge in [-0.25, -0.2) is 0 Å². The van der Waals surface area contributed by atoms with E-state index in [1.807, 2.05) is 30.3 Å². The Bertz CT molecular complexity index is 590. The van der Waals surface area contributed by atoms with E-state index in [9.17, 15) is 0 Å². The minimum atomic E-state index is 0.637. The summed E-state index contributed by atoms with van der Waals surface area (Å²) in [5.41, 5.74) is 2.63. The molecule has 2 nitrogen and oxygen atoms in total. The molecule has 0 atom stereocenters. The van der Waals surface area contributed by atoms with Crippen LogP contribution in [0.25, 0.3) is 0 Å². The molecule has 2 rings (SSSR count). The molecule has 0 fully saturated rings. The zero-order valence-electron chi connectivity index (χ0n) is 8.74. The highest BCUT2D eigenvalue weighted by Gasteiger charge is 2.01. The van der Waals surface area contributed by atoms with Crippen molar-refractivity contribution in [3.05, 3.63) is 56.1 Å². The van der Waals surface area contributed by atoms with E-state index in [-0.39, 0.29) is 0 Å². The van der Waals surface area contributed by atoms with Crippen molar-refractivity contribution < 1.29 is 0 Å². The van der Waals surface area contributed by atoms with Crippen LogP contribution in [0.5, 0.6) is 0 Å². The summed E-state index contributed by atoms with van der Waals surface area (Å²) in [5, 5.41) is 12.1. The Morgan fingerprint density at radius 3 is 2.53 bits per heavy atom. The molecule has 0 amide bonds. The van der Waals surface area contributed by atoms with Gasteiger partial charge in [-0.1, -0.05) is 6.07 Å². The van der Waals surface area contributed by atoms with Gasteiger partial charge in [0, 0.05) is 19.4 Å². The Kier molecular flexibility index (Phi) is 4.02. The van der Waals surface area contributed by atoms with Crippen molar-refractivity contribution in [2.75, 3.05) is 5.32 Å². The zero-order valence-corrected chi connectivity index (χ0v) is 12.5. The molecular formula is C13H8BrIN2. The number of nitrogens with zero attached hydrogens (tertiary/aromatic N) is 1. The molecule has 2 aromatic carbocycles. The quantitative estimate of drug-likeness (QED) is 0.746. The molecule has 4 heteroatoms. The van der Waals surface area contributed by atoms with Crippen molar-refractivity contribution in [2.45, 2.75) is 0 Å². The van der Waals surface area contributed by atoms with E-state index < -0.39 is 0 Å². The molecular weight excluding hydrogens is 391 g/mol. The van der Waals surface area contributed by atoms with Crippen molar-refractivity contribution in [3.63, 3.8) is 0 Å². The van der Waals surface area contributed by atoms with Gasteiger partial charge in [-0.3, -0.25) is 0 Å². The second-order valence-corrected chi connectivity index (χ2v) is 5.54. The molecule has 1 N–H and O–H groups in total. The maximum atomic E-state index is 8.83. The Morgan fingerprint density at radius 2 is 1.88 bits per heavy atom. The van der Waals surface area contributed by atoms with Gasteiger partial charge in [-0.15, -0.1) is 0 Å². The molecule has 0 saturated heterocycles. The first-order valence-corrected chi connectivity index (χ1v) is 6.78. The van der Waals surface area contributed by atoms with Crippen molar-refractivity contribution in [2.24, 2.45) is 0 Å². The Labute approximate surface area is 122 Å². The number of hydrogen-bond acceptors (Lipinski definition) is 2. The number of benzene rings is 2. The lowest BCUT2D eigenvalue weighted by molar-refractivity contribution is 1.45. The normalized spacial score (nSPS) is 9.71. The standard InChI is InChI=1S/C13H8BrIN2/c14-13-7-12(5-4-9(13)8-16)17-11-3-1-2-10(15)6-11/h1-7,17H. The van der Waals surface area contributed by atoms with Crippen LogP contribution in [-0.4, -0.2) is 0 Å². The highest BCUT2D eigenvalue weighted by atomic mass is 127. The number of rotatable bonds is 2. The maximum Gasteiger partial charge on any atom is 0.100 e. The van der Waals surface area contributed by atoms with Crippen molar-refractivity contribution >= 4 is 49.9 Å². The fourth-order valence-electron chi connectivity index (χ4n) is 1.42. The van der Waals surface area contributed by atoms with Crippen molar-refractivity contribution in [3.8, 4) is 6.07 Å². The average Bonchev–Trinajstić information content (AvgIpc) is 2.29. The van der Waals surface area contributed by atoms with E-state index in [1.54, 1.807) is 6.07 Å². The second kappa shape index (κ2) is 5.52. The first-order valence-electron chi connectivity index (χ1n) is 4.91. The second-order valence-electron chi connectivity index (χ2n) is 3.44. The van der Waals surface area contributed by atoms with Gasteiger partial charge < -0.3 is 5.32 Å². The Balaban J connectivity index is 2.25. The third-order valence-corrected chi connectivity index (χ3v) is 3.53. The highest BCUT2D eigenvalue weighted by Crippen LogP contribution is 2.24. The number of anilines is 2. The van der Waals surface area contributed by atoms with Crippen LogP contribution < -0.4 is 5.32 Å². The van der Waals surface area contributed by atoms with E-state index >= 15 is 0 Å². The number of hydrogen-bond donors (Lipinski definition) is 1. The molecule has 0 aliphatic carbocycles. The van der Waals surface area contributed by atoms with Gasteiger partial charge in [0.2, 0.25) is 0 Å². The molecule has 0 radical (unpaired) electrons. The van der Waals surface area contributed by atoms with E-state index in [0.717, 1.165) is 15.8 Å². The topological polar surface area (TPSA) is 35.8 Å². The SMILES string of the molecule is N#Cc1ccc(Nc2cccc(I)c2)cc1Br. The summed E-state index contributed by atoms with van der Waals surface area (Å²) in [5.74, 6) is 0. The highest BCUT2D eigenvalue weighted by molar-refractivity contribution is 14.1. The first-order chi connectivity index (χ1) is 8.19. The lowest BCUT2D eigenvalue weighted by atomic mass is 10.2. The molecule has 0 bridgehead atoms. The van der Waals surface area contributed by atoms with Crippen molar-refractivity contribution in [1.29, 1.82) is 5.26 Å². The third kappa shape index (κ3) is 3.20. The first kappa shape index (κ1) is 12.4. The average molecular weight is 399 g/mol. The van der Waals surface area contributed by atoms with E-state index in [2.05, 4.69) is 56.0 Å². The van der Waals surface area contributed by atoms with Crippen LogP contribution in [0.15, 0.2) is 46.9 Å². The summed E-state index contributed by atoms with van der Waals surface area (Å²) in [4.78, 5) is 0. The van der Waals surface area contributed by atoms with Crippen molar-refractivity contribution in [1.82, 2.24) is 0 Å². The summed E-state index contributed by atoms with van der Waals surface area (Å²) in [6.07, 6.45) is 0. The Hall–Kier alpha value is -1.06. The zero-order chi connectivity index (χ0) is 12.3. The molecule has 0 saturated carbocycles. The van der Waals surface area contributed by atoms with Crippen LogP contribution in [0.1, 0.15) is 5.56 Å². The Morgan fingerprint density at radius 1 is 1.12 bits per heavy atom. The van der Waals surface area contributed by atoms with Crippen LogP contribution in [0.3, 0.4) is 0 Å². The number of halogens is 2. The van der Waals surface area contributed by atoms with Gasteiger partial charge in [0.05, 0.1) is 5.56 Å². The molecule has 0 spiro atoms. The van der Waals surface area contributed by atoms with Gasteiger partial charge in [0.15, 0.2) is 0 Å². The van der Waals surface area contributed by atoms with Gasteiger partial charge in [0.25, 0.3) is 0 Å². The van der Waals surface area contributed by atoms with Crippen LogP contribution >= 0.6 is 38.5 Å². The molecule has 2 aromatic rings. The lowest BCUT2D eigenvalue weighted by Crippen LogP contribution is -1.91. The lowest BCUT2D eigenvalue weighted by Gasteiger charge is -2.07. The summed E-state index contributed by atoms with van der Waals surface area (Å²) >= 11 is 5.64. The fourth-order valence-corrected chi connectivity index (χ4v) is 2.43. The van der Waals surface area contributed by atoms with E-state index in [0.29, 0.717) is 5.56 Å². The molecule has 0 heterocycles. The van der Waals surface area contributed by atoms with E-state index in [4.69, 9.17) is 5.26 Å². The third-order valence-electron chi connectivity index (χ3n) is 2.20.